The van der Waals surface area contributed by atoms with E-state index in [9.17, 15) is 63.3 Å². The maximum absolute atomic E-state index is 14.4. The van der Waals surface area contributed by atoms with Crippen molar-refractivity contribution in [1.82, 2.24) is 41.7 Å². The zero-order chi connectivity index (χ0) is 61.5. The Balaban J connectivity index is 1.24. The van der Waals surface area contributed by atoms with Crippen molar-refractivity contribution in [3.63, 3.8) is 0 Å². The van der Waals surface area contributed by atoms with Crippen LogP contribution >= 0.6 is 23.1 Å². The first-order chi connectivity index (χ1) is 40.1. The number of carboxylic acids is 1. The molecule has 3 aliphatic rings. The van der Waals surface area contributed by atoms with Crippen LogP contribution in [0.25, 0.3) is 0 Å². The number of carboxylic acid groups (broad SMARTS) is 1. The number of fused-ring (bicyclic) bond motifs is 1. The summed E-state index contributed by atoms with van der Waals surface area (Å²) >= 11 is 2.49. The molecule has 21 N–H and O–H groups in total. The van der Waals surface area contributed by atoms with E-state index in [1.807, 2.05) is 0 Å². The lowest BCUT2D eigenvalue weighted by molar-refractivity contribution is -0.149. The molecule has 31 nitrogen and oxygen atoms in total. The van der Waals surface area contributed by atoms with E-state index in [2.05, 4.69) is 46.9 Å². The summed E-state index contributed by atoms with van der Waals surface area (Å²) in [6.07, 6.45) is 0.591. The molecule has 84 heavy (non-hydrogen) atoms. The SMILES string of the molecule is NC(N)=NCCC[C@H](NC(=O)CN1C(=O)[C@@H](N[C@@H](CO)C(=O)N[C@@H](Cc2cccs2)C(=O)NCC(=O)N2CCC(O)[C@H]2C(=O)N2CCC[C@H]2C(=O)N[C@@H](CCCN=C(N)N)C(=O)N[C@@H](C=O)CCCN=C(N)N)CSc2ccccc21)C(=O)O. The minimum absolute atomic E-state index is 0.0126. The van der Waals surface area contributed by atoms with Crippen molar-refractivity contribution in [2.24, 2.45) is 49.4 Å². The van der Waals surface area contributed by atoms with Crippen LogP contribution in [-0.4, -0.2) is 215 Å². The van der Waals surface area contributed by atoms with Gasteiger partial charge < -0.3 is 95.8 Å². The first-order valence-corrected chi connectivity index (χ1v) is 29.0. The number of aliphatic carboxylic acids is 1. The summed E-state index contributed by atoms with van der Waals surface area (Å²) < 4.78 is 0. The fraction of sp³-hybridized carbons (Fsp3) is 0.549. The number of nitrogens with zero attached hydrogens (tertiary/aromatic N) is 6. The summed E-state index contributed by atoms with van der Waals surface area (Å²) in [7, 11) is 0. The molecule has 1 aromatic carbocycles. The van der Waals surface area contributed by atoms with E-state index in [-0.39, 0.29) is 108 Å². The van der Waals surface area contributed by atoms with Gasteiger partial charge in [0, 0.05) is 54.7 Å². The highest BCUT2D eigenvalue weighted by Crippen LogP contribution is 2.34. The zero-order valence-electron chi connectivity index (χ0n) is 46.1. The molecule has 8 amide bonds. The predicted octanol–water partition coefficient (Wildman–Crippen LogP) is -5.80. The lowest BCUT2D eigenvalue weighted by Crippen LogP contribution is -2.60. The standard InChI is InChI=1S/C51H76N18O13S2/c52-49(53)58-16-3-8-28(25-70)62-43(76)30(10-4-17-59-50(54)55)65-45(78)36-13-6-19-67(36)47(80)41-37(72)15-20-68(41)40(74)23-61-42(75)32(22-29-9-7-21-83-29)66-44(77)33(26-71)63-34-27-84-38-14-2-1-12-35(38)69(46(34)79)24-39(73)64-31(48(81)82)11-5-18-60-51(56)57/h1-2,7,9,12,14,21,25,28,30-34,36-37,41,63,71-72H,3-6,8,10-11,13,15-20,22-24,26-27H2,(H,61,75)(H,62,76)(H,64,73)(H,65,78)(H,66,77)(H,81,82)(H4,52,53,58)(H4,54,55,59)(H4,56,57,60)/t28-,30+,31+,32+,33+,34+,36+,37?,41+/m1/s1. The Bertz CT molecular complexity index is 2730. The number of likely N-dealkylation sites (tertiary alicyclic amines) is 2. The van der Waals surface area contributed by atoms with Crippen molar-refractivity contribution in [1.29, 1.82) is 0 Å². The Morgan fingerprint density at radius 3 is 2.00 bits per heavy atom. The smallest absolute Gasteiger partial charge is 0.326 e. The molecule has 1 unspecified atom stereocenters. The van der Waals surface area contributed by atoms with Gasteiger partial charge >= 0.3 is 5.97 Å². The second-order valence-electron chi connectivity index (χ2n) is 19.9. The van der Waals surface area contributed by atoms with Crippen molar-refractivity contribution in [3.05, 3.63) is 46.7 Å². The molecule has 0 saturated carbocycles. The fourth-order valence-electron chi connectivity index (χ4n) is 9.58. The van der Waals surface area contributed by atoms with E-state index in [0.29, 0.717) is 34.6 Å². The number of thioether (sulfide) groups is 1. The molecule has 2 saturated heterocycles. The topological polar surface area (TPSA) is 506 Å². The Morgan fingerprint density at radius 2 is 1.38 bits per heavy atom. The average molecular weight is 1210 g/mol. The van der Waals surface area contributed by atoms with Crippen LogP contribution in [0.3, 0.4) is 0 Å². The van der Waals surface area contributed by atoms with E-state index in [1.54, 1.807) is 41.8 Å². The van der Waals surface area contributed by atoms with Gasteiger partial charge in [0.05, 0.1) is 37.0 Å². The second kappa shape index (κ2) is 33.2. The van der Waals surface area contributed by atoms with Gasteiger partial charge in [-0.1, -0.05) is 18.2 Å². The monoisotopic (exact) mass is 1210 g/mol. The molecule has 2 aromatic rings. The zero-order valence-corrected chi connectivity index (χ0v) is 47.8. The number of hydrogen-bond acceptors (Lipinski definition) is 18. The highest BCUT2D eigenvalue weighted by Gasteiger charge is 2.47. The summed E-state index contributed by atoms with van der Waals surface area (Å²) in [5.74, 6) is -7.98. The first kappa shape index (κ1) is 66.7. The van der Waals surface area contributed by atoms with Gasteiger partial charge in [0.25, 0.3) is 0 Å². The molecular weight excluding hydrogens is 1140 g/mol. The van der Waals surface area contributed by atoms with E-state index < -0.39 is 127 Å². The highest BCUT2D eigenvalue weighted by molar-refractivity contribution is 7.99. The van der Waals surface area contributed by atoms with Crippen LogP contribution in [0, 0.1) is 0 Å². The lowest BCUT2D eigenvalue weighted by Gasteiger charge is -2.33. The third-order valence-corrected chi connectivity index (χ3v) is 15.8. The van der Waals surface area contributed by atoms with Gasteiger partial charge in [-0.2, -0.15) is 0 Å². The lowest BCUT2D eigenvalue weighted by atomic mass is 10.1. The van der Waals surface area contributed by atoms with Gasteiger partial charge in [-0.3, -0.25) is 58.7 Å². The first-order valence-electron chi connectivity index (χ1n) is 27.1. The highest BCUT2D eigenvalue weighted by atomic mass is 32.2. The quantitative estimate of drug-likeness (QED) is 0.0140. The van der Waals surface area contributed by atoms with E-state index >= 15 is 0 Å². The third kappa shape index (κ3) is 20.0. The molecule has 9 atom stereocenters. The van der Waals surface area contributed by atoms with E-state index in [1.165, 1.54) is 28.0 Å². The van der Waals surface area contributed by atoms with Crippen LogP contribution in [0.1, 0.15) is 62.7 Å². The fourth-order valence-corrected chi connectivity index (χ4v) is 11.4. The third-order valence-electron chi connectivity index (χ3n) is 13.8. The van der Waals surface area contributed by atoms with Crippen LogP contribution in [-0.2, 0) is 54.4 Å². The number of rotatable bonds is 32. The Labute approximate surface area is 491 Å². The maximum atomic E-state index is 14.4. The molecular formula is C51H76N18O13S2. The minimum Gasteiger partial charge on any atom is -0.480 e. The molecule has 0 radical (unpaired) electrons. The molecule has 4 heterocycles. The van der Waals surface area contributed by atoms with Gasteiger partial charge in [-0.25, -0.2) is 4.79 Å². The van der Waals surface area contributed by atoms with Crippen molar-refractivity contribution in [3.8, 4) is 0 Å². The number of para-hydroxylation sites is 1. The molecule has 33 heteroatoms. The maximum Gasteiger partial charge on any atom is 0.326 e. The molecule has 460 valence electrons. The van der Waals surface area contributed by atoms with Crippen molar-refractivity contribution < 1.29 is 63.3 Å². The summed E-state index contributed by atoms with van der Waals surface area (Å²) in [6, 6.07) is -0.0782. The molecule has 0 spiro atoms. The number of aldehydes is 1. The minimum atomic E-state index is -1.51. The van der Waals surface area contributed by atoms with Gasteiger partial charge in [-0.15, -0.1) is 23.1 Å². The number of anilines is 1. The van der Waals surface area contributed by atoms with Gasteiger partial charge in [-0.05, 0) is 81.4 Å². The number of nitrogens with two attached hydrogens (primary N) is 6. The average Bonchev–Trinajstić information content (AvgIpc) is 3.07. The second-order valence-corrected chi connectivity index (χ2v) is 22.0. The van der Waals surface area contributed by atoms with E-state index in [0.717, 1.165) is 9.80 Å². The van der Waals surface area contributed by atoms with Gasteiger partial charge in [0.2, 0.25) is 47.3 Å². The molecule has 0 aliphatic carbocycles. The normalized spacial score (nSPS) is 19.2. The summed E-state index contributed by atoms with van der Waals surface area (Å²) in [5, 5.41) is 49.1. The largest absolute Gasteiger partial charge is 0.480 e. The number of guanidine groups is 3. The molecule has 0 bridgehead atoms. The van der Waals surface area contributed by atoms with Crippen LogP contribution in [0.2, 0.25) is 0 Å². The predicted molar refractivity (Wildman–Crippen MR) is 310 cm³/mol. The summed E-state index contributed by atoms with van der Waals surface area (Å²) in [5.41, 5.74) is 32.7. The number of aliphatic imine (C=N–C) groups is 3. The number of aliphatic hydroxyl groups excluding tert-OH is 2. The number of carbonyl (C=O) groups is 10. The van der Waals surface area contributed by atoms with Crippen molar-refractivity contribution >= 4 is 106 Å². The number of carbonyl (C=O) groups excluding carboxylic acids is 9. The Hall–Kier alpha value is -8.14. The number of nitrogens with one attached hydrogen (secondary N) is 6. The number of hydrogen-bond donors (Lipinski definition) is 15. The number of thiophene rings is 1. The van der Waals surface area contributed by atoms with Crippen LogP contribution in [0.15, 0.2) is 61.7 Å². The molecule has 2 fully saturated rings. The number of amides is 8. The van der Waals surface area contributed by atoms with Crippen molar-refractivity contribution in [2.45, 2.75) is 124 Å². The molecule has 1 aromatic heterocycles. The van der Waals surface area contributed by atoms with Crippen molar-refractivity contribution in [2.75, 3.05) is 63.1 Å². The number of benzene rings is 1. The molecule has 3 aliphatic heterocycles. The number of aliphatic hydroxyl groups is 2. The van der Waals surface area contributed by atoms with Crippen LogP contribution in [0.4, 0.5) is 5.69 Å². The molecule has 5 rings (SSSR count). The van der Waals surface area contributed by atoms with Gasteiger partial charge in [0.1, 0.15) is 49.1 Å². The van der Waals surface area contributed by atoms with Gasteiger partial charge in [0.15, 0.2) is 17.9 Å². The Morgan fingerprint density at radius 1 is 0.738 bits per heavy atom. The van der Waals surface area contributed by atoms with E-state index in [4.69, 9.17) is 34.4 Å². The summed E-state index contributed by atoms with van der Waals surface area (Å²) in [4.78, 5) is 152. The summed E-state index contributed by atoms with van der Waals surface area (Å²) in [6.45, 7) is -1.80. The van der Waals surface area contributed by atoms with Crippen LogP contribution in [0.5, 0.6) is 0 Å². The Kier molecular flexibility index (Phi) is 26.4. The van der Waals surface area contributed by atoms with Crippen LogP contribution < -0.4 is 71.2 Å².